The Balaban J connectivity index is 1.51. The van der Waals surface area contributed by atoms with Crippen LogP contribution in [0.15, 0.2) is 47.6 Å². The Morgan fingerprint density at radius 3 is 2.70 bits per heavy atom. The van der Waals surface area contributed by atoms with Gasteiger partial charge in [0.05, 0.1) is 13.2 Å². The average molecular weight is 449 g/mol. The van der Waals surface area contributed by atoms with Crippen LogP contribution in [-0.2, 0) is 35.2 Å². The first-order valence-corrected chi connectivity index (χ1v) is 11.4. The van der Waals surface area contributed by atoms with Crippen LogP contribution in [-0.4, -0.2) is 42.7 Å². The fourth-order valence-electron chi connectivity index (χ4n) is 4.85. The van der Waals surface area contributed by atoms with Crippen molar-refractivity contribution in [3.8, 4) is 5.75 Å². The number of ether oxygens (including phenoxy) is 2. The normalized spacial score (nSPS) is 18.2. The lowest BCUT2D eigenvalue weighted by atomic mass is 9.85. The van der Waals surface area contributed by atoms with Gasteiger partial charge in [-0.3, -0.25) is 4.79 Å². The molecule has 0 N–H and O–H groups in total. The zero-order valence-corrected chi connectivity index (χ0v) is 18.8. The van der Waals surface area contributed by atoms with Gasteiger partial charge in [-0.25, -0.2) is 9.69 Å². The van der Waals surface area contributed by atoms with E-state index >= 15 is 0 Å². The SMILES string of the molecule is COc1ccc(CC[C@H](N=[N+]=[N-])C(=O)N2C(=O)OC[C@@H]2Cc2ccccc2)c2c1CCCC2. The predicted molar refractivity (Wildman–Crippen MR) is 123 cm³/mol. The van der Waals surface area contributed by atoms with Crippen molar-refractivity contribution in [2.45, 2.75) is 57.0 Å². The Kier molecular flexibility index (Phi) is 7.15. The van der Waals surface area contributed by atoms with E-state index in [1.807, 2.05) is 42.5 Å². The number of imide groups is 1. The van der Waals surface area contributed by atoms with Crippen molar-refractivity contribution in [3.05, 3.63) is 75.2 Å². The highest BCUT2D eigenvalue weighted by Crippen LogP contribution is 2.33. The van der Waals surface area contributed by atoms with Gasteiger partial charge in [-0.15, -0.1) is 0 Å². The molecule has 0 spiro atoms. The maximum absolute atomic E-state index is 13.3. The fourth-order valence-corrected chi connectivity index (χ4v) is 4.85. The Morgan fingerprint density at radius 2 is 1.97 bits per heavy atom. The number of aryl methyl sites for hydroxylation is 1. The minimum Gasteiger partial charge on any atom is -0.496 e. The smallest absolute Gasteiger partial charge is 0.416 e. The first kappa shape index (κ1) is 22.7. The van der Waals surface area contributed by atoms with Crippen molar-refractivity contribution in [2.75, 3.05) is 13.7 Å². The van der Waals surface area contributed by atoms with Gasteiger partial charge in [-0.1, -0.05) is 41.5 Å². The highest BCUT2D eigenvalue weighted by molar-refractivity contribution is 5.96. The van der Waals surface area contributed by atoms with Crippen LogP contribution in [0.4, 0.5) is 4.79 Å². The van der Waals surface area contributed by atoms with E-state index in [0.717, 1.165) is 47.5 Å². The molecule has 0 aromatic heterocycles. The molecule has 1 heterocycles. The minimum absolute atomic E-state index is 0.133. The van der Waals surface area contributed by atoms with E-state index in [1.54, 1.807) is 7.11 Å². The molecule has 2 atom stereocenters. The Bertz CT molecular complexity index is 1070. The van der Waals surface area contributed by atoms with E-state index in [1.165, 1.54) is 11.1 Å². The second kappa shape index (κ2) is 10.4. The quantitative estimate of drug-likeness (QED) is 0.329. The summed E-state index contributed by atoms with van der Waals surface area (Å²) in [5, 5.41) is 3.76. The van der Waals surface area contributed by atoms with Crippen LogP contribution in [0, 0.1) is 0 Å². The van der Waals surface area contributed by atoms with Crippen molar-refractivity contribution in [1.29, 1.82) is 0 Å². The number of fused-ring (bicyclic) bond motifs is 1. The number of hydrogen-bond donors (Lipinski definition) is 0. The van der Waals surface area contributed by atoms with Crippen molar-refractivity contribution >= 4 is 12.0 Å². The second-order valence-corrected chi connectivity index (χ2v) is 8.48. The highest BCUT2D eigenvalue weighted by atomic mass is 16.6. The summed E-state index contributed by atoms with van der Waals surface area (Å²) in [7, 11) is 1.68. The number of carbonyl (C=O) groups excluding carboxylic acids is 2. The number of carbonyl (C=O) groups is 2. The van der Waals surface area contributed by atoms with Gasteiger partial charge in [0.1, 0.15) is 18.4 Å². The molecule has 0 bridgehead atoms. The Hall–Kier alpha value is -3.51. The van der Waals surface area contributed by atoms with E-state index in [4.69, 9.17) is 15.0 Å². The Morgan fingerprint density at radius 1 is 1.21 bits per heavy atom. The lowest BCUT2D eigenvalue weighted by Gasteiger charge is -2.24. The van der Waals surface area contributed by atoms with Gasteiger partial charge in [0.25, 0.3) is 0 Å². The van der Waals surface area contributed by atoms with Gasteiger partial charge in [0.2, 0.25) is 5.91 Å². The average Bonchev–Trinajstić information content (AvgIpc) is 3.21. The van der Waals surface area contributed by atoms with Gasteiger partial charge in [0.15, 0.2) is 0 Å². The van der Waals surface area contributed by atoms with Crippen LogP contribution in [0.3, 0.4) is 0 Å². The van der Waals surface area contributed by atoms with E-state index in [9.17, 15) is 9.59 Å². The molecule has 2 aromatic carbocycles. The van der Waals surface area contributed by atoms with Crippen LogP contribution in [0.1, 0.15) is 41.5 Å². The number of benzene rings is 2. The van der Waals surface area contributed by atoms with Crippen LogP contribution in [0.25, 0.3) is 10.4 Å². The summed E-state index contributed by atoms with van der Waals surface area (Å²) in [5.41, 5.74) is 13.8. The van der Waals surface area contributed by atoms with Crippen molar-refractivity contribution in [1.82, 2.24) is 4.90 Å². The number of hydrogen-bond acceptors (Lipinski definition) is 5. The van der Waals surface area contributed by atoms with E-state index in [0.29, 0.717) is 19.3 Å². The summed E-state index contributed by atoms with van der Waals surface area (Å²) in [6, 6.07) is 12.2. The number of nitrogens with zero attached hydrogens (tertiary/aromatic N) is 4. The van der Waals surface area contributed by atoms with Crippen LogP contribution < -0.4 is 4.74 Å². The number of azide groups is 1. The first-order chi connectivity index (χ1) is 16.1. The standard InChI is InChI=1S/C25H28N4O4/c1-32-23-14-12-18(20-9-5-6-10-21(20)23)11-13-22(27-28-26)24(30)29-19(16-33-25(29)31)15-17-7-3-2-4-8-17/h2-4,7-8,12,14,19,22H,5-6,9-11,13,15-16H2,1H3/t19-,22-/m0/s1. The zero-order chi connectivity index (χ0) is 23.2. The third-order valence-corrected chi connectivity index (χ3v) is 6.48. The lowest BCUT2D eigenvalue weighted by Crippen LogP contribution is -2.45. The topological polar surface area (TPSA) is 105 Å². The predicted octanol–water partition coefficient (Wildman–Crippen LogP) is 4.78. The number of cyclic esters (lactones) is 1. The van der Waals surface area contributed by atoms with Crippen molar-refractivity contribution < 1.29 is 19.1 Å². The minimum atomic E-state index is -0.972. The number of rotatable bonds is 8. The molecule has 172 valence electrons. The number of amides is 2. The molecule has 0 radical (unpaired) electrons. The summed E-state index contributed by atoms with van der Waals surface area (Å²) in [4.78, 5) is 29.7. The van der Waals surface area contributed by atoms with E-state index in [2.05, 4.69) is 10.0 Å². The number of methoxy groups -OCH3 is 1. The summed E-state index contributed by atoms with van der Waals surface area (Å²) in [6.45, 7) is 0.133. The molecule has 2 aromatic rings. The van der Waals surface area contributed by atoms with Crippen LogP contribution in [0.5, 0.6) is 5.75 Å². The van der Waals surface area contributed by atoms with Gasteiger partial charge >= 0.3 is 6.09 Å². The van der Waals surface area contributed by atoms with Crippen molar-refractivity contribution in [3.63, 3.8) is 0 Å². The highest BCUT2D eigenvalue weighted by Gasteiger charge is 2.40. The lowest BCUT2D eigenvalue weighted by molar-refractivity contribution is -0.130. The van der Waals surface area contributed by atoms with Crippen LogP contribution in [0.2, 0.25) is 0 Å². The van der Waals surface area contributed by atoms with Gasteiger partial charge in [-0.05, 0) is 78.8 Å². The molecule has 2 aliphatic rings. The molecule has 8 nitrogen and oxygen atoms in total. The monoisotopic (exact) mass is 448 g/mol. The largest absolute Gasteiger partial charge is 0.496 e. The molecule has 2 amide bonds. The molecular formula is C25H28N4O4. The third-order valence-electron chi connectivity index (χ3n) is 6.48. The molecule has 0 saturated carbocycles. The molecular weight excluding hydrogens is 420 g/mol. The first-order valence-electron chi connectivity index (χ1n) is 11.4. The molecule has 4 rings (SSSR count). The molecule has 1 aliphatic carbocycles. The van der Waals surface area contributed by atoms with Crippen molar-refractivity contribution in [2.24, 2.45) is 5.11 Å². The summed E-state index contributed by atoms with van der Waals surface area (Å²) >= 11 is 0. The molecule has 33 heavy (non-hydrogen) atoms. The van der Waals surface area contributed by atoms with Gasteiger partial charge in [0, 0.05) is 4.91 Å². The van der Waals surface area contributed by atoms with Gasteiger partial charge < -0.3 is 9.47 Å². The molecule has 1 aliphatic heterocycles. The maximum Gasteiger partial charge on any atom is 0.416 e. The van der Waals surface area contributed by atoms with Gasteiger partial charge in [-0.2, -0.15) is 0 Å². The van der Waals surface area contributed by atoms with E-state index < -0.39 is 24.1 Å². The molecule has 1 saturated heterocycles. The molecule has 0 unspecified atom stereocenters. The fraction of sp³-hybridized carbons (Fsp3) is 0.440. The van der Waals surface area contributed by atoms with E-state index in [-0.39, 0.29) is 6.61 Å². The zero-order valence-electron chi connectivity index (χ0n) is 18.8. The Labute approximate surface area is 193 Å². The summed E-state index contributed by atoms with van der Waals surface area (Å²) in [5.74, 6) is 0.401. The third kappa shape index (κ3) is 4.96. The molecule has 8 heteroatoms. The second-order valence-electron chi connectivity index (χ2n) is 8.48. The van der Waals surface area contributed by atoms with Crippen LogP contribution >= 0.6 is 0 Å². The molecule has 1 fully saturated rings. The summed E-state index contributed by atoms with van der Waals surface area (Å²) < 4.78 is 10.7. The summed E-state index contributed by atoms with van der Waals surface area (Å²) in [6.07, 6.45) is 4.91. The maximum atomic E-state index is 13.3.